The Morgan fingerprint density at radius 3 is 2.50 bits per heavy atom. The van der Waals surface area contributed by atoms with Crippen molar-refractivity contribution in [3.05, 3.63) is 97.9 Å². The Hall–Kier alpha value is -3.45. The van der Waals surface area contributed by atoms with Gasteiger partial charge in [-0.2, -0.15) is 4.68 Å². The van der Waals surface area contributed by atoms with Crippen LogP contribution in [0, 0.1) is 20.8 Å². The highest BCUT2D eigenvalue weighted by atomic mass is 32.1. The zero-order valence-corrected chi connectivity index (χ0v) is 17.8. The maximum absolute atomic E-state index is 13.0. The number of hydrogen-bond acceptors (Lipinski definition) is 4. The summed E-state index contributed by atoms with van der Waals surface area (Å²) in [5, 5.41) is 6.49. The zero-order valence-electron chi connectivity index (χ0n) is 17.0. The fraction of sp³-hybridized carbons (Fsp3) is 0.174. The van der Waals surface area contributed by atoms with E-state index < -0.39 is 0 Å². The molecule has 0 aliphatic heterocycles. The topological polar surface area (TPSA) is 79.8 Å². The Morgan fingerprint density at radius 1 is 1.07 bits per heavy atom. The van der Waals surface area contributed by atoms with Crippen LogP contribution in [0.25, 0.3) is 5.13 Å². The fourth-order valence-electron chi connectivity index (χ4n) is 3.30. The minimum absolute atomic E-state index is 0.143. The first-order valence-corrected chi connectivity index (χ1v) is 10.4. The molecule has 4 aromatic rings. The molecule has 0 bridgehead atoms. The second-order valence-corrected chi connectivity index (χ2v) is 8.18. The van der Waals surface area contributed by atoms with Gasteiger partial charge in [0.05, 0.1) is 5.69 Å². The Kier molecular flexibility index (Phi) is 5.37. The molecule has 2 N–H and O–H groups in total. The van der Waals surface area contributed by atoms with E-state index in [9.17, 15) is 9.59 Å². The van der Waals surface area contributed by atoms with Crippen molar-refractivity contribution in [2.75, 3.05) is 5.32 Å². The van der Waals surface area contributed by atoms with Crippen molar-refractivity contribution in [2.45, 2.75) is 27.2 Å². The van der Waals surface area contributed by atoms with Gasteiger partial charge in [0.15, 0.2) is 0 Å². The van der Waals surface area contributed by atoms with Gasteiger partial charge in [0.25, 0.3) is 11.5 Å². The molecule has 0 aliphatic rings. The van der Waals surface area contributed by atoms with Gasteiger partial charge < -0.3 is 5.32 Å². The standard InChI is InChI=1S/C23H22N4O2S/c1-14-9-7-8-12-19(14)25-21(28)20-16(3)24-23(30-20)27-22(29)18(15(2)26-27)13-17-10-5-4-6-11-17/h4-12,26H,13H2,1-3H3,(H,25,28). The number of aryl methyl sites for hydroxylation is 3. The van der Waals surface area contributed by atoms with Crippen LogP contribution in [0.3, 0.4) is 0 Å². The summed E-state index contributed by atoms with van der Waals surface area (Å²) in [6.45, 7) is 5.59. The van der Waals surface area contributed by atoms with Crippen molar-refractivity contribution in [2.24, 2.45) is 0 Å². The molecular weight excluding hydrogens is 396 g/mol. The van der Waals surface area contributed by atoms with Crippen molar-refractivity contribution in [1.29, 1.82) is 0 Å². The van der Waals surface area contributed by atoms with Gasteiger partial charge in [-0.25, -0.2) is 4.98 Å². The number of hydrogen-bond donors (Lipinski definition) is 2. The number of rotatable bonds is 5. The first kappa shape index (κ1) is 19.8. The number of aromatic amines is 1. The Balaban J connectivity index is 1.63. The van der Waals surface area contributed by atoms with E-state index in [4.69, 9.17) is 0 Å². The predicted molar refractivity (Wildman–Crippen MR) is 120 cm³/mol. The molecule has 0 saturated carbocycles. The molecule has 2 aromatic heterocycles. The number of nitrogens with zero attached hydrogens (tertiary/aromatic N) is 2. The van der Waals surface area contributed by atoms with Crippen LogP contribution in [0.1, 0.15) is 37.7 Å². The second-order valence-electron chi connectivity index (χ2n) is 7.20. The molecule has 1 amide bonds. The Labute approximate surface area is 178 Å². The van der Waals surface area contributed by atoms with Gasteiger partial charge in [0, 0.05) is 23.4 Å². The summed E-state index contributed by atoms with van der Waals surface area (Å²) < 4.78 is 1.43. The summed E-state index contributed by atoms with van der Waals surface area (Å²) in [7, 11) is 0. The quantitative estimate of drug-likeness (QED) is 0.504. The molecule has 0 fully saturated rings. The Morgan fingerprint density at radius 2 is 1.77 bits per heavy atom. The van der Waals surface area contributed by atoms with Crippen molar-refractivity contribution in [3.63, 3.8) is 0 Å². The van der Waals surface area contributed by atoms with E-state index >= 15 is 0 Å². The van der Waals surface area contributed by atoms with E-state index in [1.54, 1.807) is 6.92 Å². The van der Waals surface area contributed by atoms with Crippen LogP contribution in [-0.4, -0.2) is 20.7 Å². The average Bonchev–Trinajstić information content (AvgIpc) is 3.25. The van der Waals surface area contributed by atoms with Gasteiger partial charge in [0.1, 0.15) is 4.88 Å². The number of benzene rings is 2. The minimum atomic E-state index is -0.230. The van der Waals surface area contributed by atoms with E-state index in [2.05, 4.69) is 15.4 Å². The summed E-state index contributed by atoms with van der Waals surface area (Å²) in [5.41, 5.74) is 4.74. The first-order valence-electron chi connectivity index (χ1n) is 9.63. The summed E-state index contributed by atoms with van der Waals surface area (Å²) in [5.74, 6) is -0.230. The third-order valence-electron chi connectivity index (χ3n) is 4.99. The first-order chi connectivity index (χ1) is 14.4. The van der Waals surface area contributed by atoms with Gasteiger partial charge in [-0.05, 0) is 38.0 Å². The highest BCUT2D eigenvalue weighted by Crippen LogP contribution is 2.23. The highest BCUT2D eigenvalue weighted by Gasteiger charge is 2.20. The van der Waals surface area contributed by atoms with Gasteiger partial charge in [-0.1, -0.05) is 59.9 Å². The van der Waals surface area contributed by atoms with E-state index in [0.717, 1.165) is 22.5 Å². The molecule has 7 heteroatoms. The van der Waals surface area contributed by atoms with Crippen LogP contribution in [0.2, 0.25) is 0 Å². The molecular formula is C23H22N4O2S. The monoisotopic (exact) mass is 418 g/mol. The van der Waals surface area contributed by atoms with E-state index in [1.165, 1.54) is 16.0 Å². The Bertz CT molecular complexity index is 1270. The number of amides is 1. The molecule has 0 atom stereocenters. The van der Waals surface area contributed by atoms with Crippen LogP contribution in [0.5, 0.6) is 0 Å². The van der Waals surface area contributed by atoms with E-state index in [0.29, 0.717) is 27.7 Å². The average molecular weight is 419 g/mol. The molecule has 30 heavy (non-hydrogen) atoms. The highest BCUT2D eigenvalue weighted by molar-refractivity contribution is 7.16. The van der Waals surface area contributed by atoms with E-state index in [-0.39, 0.29) is 11.5 Å². The van der Waals surface area contributed by atoms with Crippen LogP contribution in [0.4, 0.5) is 5.69 Å². The third kappa shape index (κ3) is 3.84. The van der Waals surface area contributed by atoms with Crippen molar-refractivity contribution >= 4 is 22.9 Å². The number of anilines is 1. The van der Waals surface area contributed by atoms with Crippen LogP contribution in [-0.2, 0) is 6.42 Å². The lowest BCUT2D eigenvalue weighted by molar-refractivity contribution is 0.102. The molecule has 0 aliphatic carbocycles. The minimum Gasteiger partial charge on any atom is -0.321 e. The van der Waals surface area contributed by atoms with Gasteiger partial charge in [0.2, 0.25) is 5.13 Å². The zero-order chi connectivity index (χ0) is 21.3. The van der Waals surface area contributed by atoms with Crippen LogP contribution >= 0.6 is 11.3 Å². The van der Waals surface area contributed by atoms with E-state index in [1.807, 2.05) is 68.4 Å². The second kappa shape index (κ2) is 8.12. The molecule has 0 radical (unpaired) electrons. The van der Waals surface area contributed by atoms with Crippen molar-refractivity contribution in [1.82, 2.24) is 14.8 Å². The van der Waals surface area contributed by atoms with Gasteiger partial charge >= 0.3 is 0 Å². The van der Waals surface area contributed by atoms with Crippen LogP contribution < -0.4 is 10.9 Å². The third-order valence-corrected chi connectivity index (χ3v) is 6.13. The maximum atomic E-state index is 13.0. The molecule has 4 rings (SSSR count). The number of thiazole rings is 1. The molecule has 6 nitrogen and oxygen atoms in total. The molecule has 2 heterocycles. The number of para-hydroxylation sites is 1. The molecule has 0 spiro atoms. The smallest absolute Gasteiger partial charge is 0.277 e. The predicted octanol–water partition coefficient (Wildman–Crippen LogP) is 4.39. The normalized spacial score (nSPS) is 10.9. The lowest BCUT2D eigenvalue weighted by atomic mass is 10.1. The summed E-state index contributed by atoms with van der Waals surface area (Å²) in [6, 6.07) is 17.5. The summed E-state index contributed by atoms with van der Waals surface area (Å²) in [4.78, 5) is 30.8. The maximum Gasteiger partial charge on any atom is 0.277 e. The molecule has 0 saturated heterocycles. The van der Waals surface area contributed by atoms with Crippen LogP contribution in [0.15, 0.2) is 59.4 Å². The number of nitrogens with one attached hydrogen (secondary N) is 2. The number of carbonyl (C=O) groups is 1. The number of aromatic nitrogens is 3. The largest absolute Gasteiger partial charge is 0.321 e. The molecule has 0 unspecified atom stereocenters. The molecule has 152 valence electrons. The lowest BCUT2D eigenvalue weighted by Crippen LogP contribution is -2.17. The lowest BCUT2D eigenvalue weighted by Gasteiger charge is -2.06. The summed E-state index contributed by atoms with van der Waals surface area (Å²) >= 11 is 1.20. The number of H-pyrrole nitrogens is 1. The van der Waals surface area contributed by atoms with Gasteiger partial charge in [-0.15, -0.1) is 0 Å². The SMILES string of the molecule is Cc1ccccc1NC(=O)c1sc(-n2[nH]c(C)c(Cc3ccccc3)c2=O)nc1C. The van der Waals surface area contributed by atoms with Crippen molar-refractivity contribution in [3.8, 4) is 5.13 Å². The number of carbonyl (C=O) groups excluding carboxylic acids is 1. The van der Waals surface area contributed by atoms with Crippen molar-refractivity contribution < 1.29 is 4.79 Å². The molecule has 2 aromatic carbocycles. The fourth-order valence-corrected chi connectivity index (χ4v) is 4.23. The van der Waals surface area contributed by atoms with Gasteiger partial charge in [-0.3, -0.25) is 14.7 Å². The summed E-state index contributed by atoms with van der Waals surface area (Å²) in [6.07, 6.45) is 0.542.